The zero-order valence-corrected chi connectivity index (χ0v) is 31.5. The van der Waals surface area contributed by atoms with Gasteiger partial charge in [0.2, 0.25) is 11.8 Å². The van der Waals surface area contributed by atoms with Crippen molar-refractivity contribution in [3.05, 3.63) is 102 Å². The molecule has 7 rings (SSSR count). The van der Waals surface area contributed by atoms with Gasteiger partial charge in [-0.1, -0.05) is 73.2 Å². The highest BCUT2D eigenvalue weighted by atomic mass is 16.5. The molecule has 2 N–H and O–H groups in total. The number of amides is 3. The molecule has 1 aliphatic carbocycles. The van der Waals surface area contributed by atoms with E-state index in [4.69, 9.17) is 14.2 Å². The molecule has 4 aromatic rings. The SMILES string of the molecule is COc1cccc2c1cc(C(=O)N1C[C@@H]3CCC[C@@H]3[C@H]1C(=O)N[C@@H](C[C@@H]1CC(C)(C)NC1=O)C(=O)COCc1ccccc1)n2C(=O)OCc1ccccc1. The van der Waals surface area contributed by atoms with E-state index in [2.05, 4.69) is 10.6 Å². The summed E-state index contributed by atoms with van der Waals surface area (Å²) < 4.78 is 18.4. The summed E-state index contributed by atoms with van der Waals surface area (Å²) in [5, 5.41) is 6.52. The molecular formula is C43H48N4O8. The van der Waals surface area contributed by atoms with Gasteiger partial charge in [-0.15, -0.1) is 0 Å². The fraction of sp³-hybridized carbons (Fsp3) is 0.419. The topological polar surface area (TPSA) is 145 Å². The van der Waals surface area contributed by atoms with Crippen LogP contribution in [-0.4, -0.2) is 76.9 Å². The molecule has 3 fully saturated rings. The maximum atomic E-state index is 14.8. The van der Waals surface area contributed by atoms with E-state index < -0.39 is 41.4 Å². The van der Waals surface area contributed by atoms with Crippen molar-refractivity contribution in [3.8, 4) is 5.75 Å². The number of ketones is 1. The third-order valence-corrected chi connectivity index (χ3v) is 11.2. The van der Waals surface area contributed by atoms with Gasteiger partial charge in [0.15, 0.2) is 5.78 Å². The first-order valence-electron chi connectivity index (χ1n) is 19.0. The fourth-order valence-electron chi connectivity index (χ4n) is 8.66. The summed E-state index contributed by atoms with van der Waals surface area (Å²) in [6.45, 7) is 4.12. The van der Waals surface area contributed by atoms with Crippen LogP contribution in [0.3, 0.4) is 0 Å². The molecule has 3 aliphatic rings. The lowest BCUT2D eigenvalue weighted by Gasteiger charge is -2.29. The first-order valence-corrected chi connectivity index (χ1v) is 19.0. The molecule has 0 radical (unpaired) electrons. The third kappa shape index (κ3) is 8.14. The van der Waals surface area contributed by atoms with Crippen molar-refractivity contribution in [1.29, 1.82) is 0 Å². The van der Waals surface area contributed by atoms with Crippen LogP contribution in [-0.2, 0) is 37.1 Å². The second kappa shape index (κ2) is 16.1. The first kappa shape index (κ1) is 37.8. The normalized spacial score (nSPS) is 21.9. The minimum atomic E-state index is -1.02. The van der Waals surface area contributed by atoms with Gasteiger partial charge in [-0.25, -0.2) is 9.36 Å². The predicted molar refractivity (Wildman–Crippen MR) is 204 cm³/mol. The van der Waals surface area contributed by atoms with Crippen LogP contribution >= 0.6 is 0 Å². The highest BCUT2D eigenvalue weighted by molar-refractivity contribution is 6.06. The summed E-state index contributed by atoms with van der Waals surface area (Å²) in [5.41, 5.74) is 1.72. The van der Waals surface area contributed by atoms with Crippen LogP contribution in [0.4, 0.5) is 4.79 Å². The number of aromatic nitrogens is 1. The minimum Gasteiger partial charge on any atom is -0.496 e. The monoisotopic (exact) mass is 748 g/mol. The largest absolute Gasteiger partial charge is 0.496 e. The van der Waals surface area contributed by atoms with Crippen LogP contribution in [0.1, 0.15) is 67.6 Å². The molecule has 288 valence electrons. The highest BCUT2D eigenvalue weighted by Gasteiger charge is 2.51. The van der Waals surface area contributed by atoms with Crippen molar-refractivity contribution < 1.29 is 38.2 Å². The van der Waals surface area contributed by atoms with Crippen LogP contribution in [0.5, 0.6) is 5.75 Å². The lowest BCUT2D eigenvalue weighted by Crippen LogP contribution is -2.54. The smallest absolute Gasteiger partial charge is 0.419 e. The van der Waals surface area contributed by atoms with Gasteiger partial charge >= 0.3 is 6.09 Å². The fourth-order valence-corrected chi connectivity index (χ4v) is 8.66. The number of nitrogens with zero attached hydrogens (tertiary/aromatic N) is 2. The lowest BCUT2D eigenvalue weighted by molar-refractivity contribution is -0.134. The number of fused-ring (bicyclic) bond motifs is 2. The van der Waals surface area contributed by atoms with E-state index in [9.17, 15) is 24.0 Å². The van der Waals surface area contributed by atoms with E-state index >= 15 is 0 Å². The molecule has 2 saturated heterocycles. The minimum absolute atomic E-state index is 0.00345. The highest BCUT2D eigenvalue weighted by Crippen LogP contribution is 2.43. The molecule has 3 aromatic carbocycles. The third-order valence-electron chi connectivity index (χ3n) is 11.2. The van der Waals surface area contributed by atoms with Crippen molar-refractivity contribution in [2.45, 2.75) is 76.8 Å². The molecule has 12 heteroatoms. The summed E-state index contributed by atoms with van der Waals surface area (Å²) in [7, 11) is 1.52. The van der Waals surface area contributed by atoms with Crippen molar-refractivity contribution in [3.63, 3.8) is 0 Å². The van der Waals surface area contributed by atoms with Gasteiger partial charge in [0, 0.05) is 23.4 Å². The number of hydrogen-bond donors (Lipinski definition) is 2. The number of hydrogen-bond acceptors (Lipinski definition) is 8. The summed E-state index contributed by atoms with van der Waals surface area (Å²) in [6, 6.07) is 23.6. The Labute approximate surface area is 320 Å². The number of rotatable bonds is 13. The van der Waals surface area contributed by atoms with Crippen LogP contribution in [0, 0.1) is 17.8 Å². The number of ether oxygens (including phenoxy) is 3. The van der Waals surface area contributed by atoms with Gasteiger partial charge in [0.05, 0.1) is 25.3 Å². The van der Waals surface area contributed by atoms with Gasteiger partial charge in [-0.3, -0.25) is 19.2 Å². The molecule has 55 heavy (non-hydrogen) atoms. The second-order valence-corrected chi connectivity index (χ2v) is 15.6. The Morgan fingerprint density at radius 3 is 2.31 bits per heavy atom. The number of carbonyl (C=O) groups excluding carboxylic acids is 5. The second-order valence-electron chi connectivity index (χ2n) is 15.6. The summed E-state index contributed by atoms with van der Waals surface area (Å²) in [5.74, 6) is -1.58. The average Bonchev–Trinajstić information content (AvgIpc) is 3.95. The molecule has 0 bridgehead atoms. The van der Waals surface area contributed by atoms with Crippen molar-refractivity contribution in [2.24, 2.45) is 17.8 Å². The average molecular weight is 749 g/mol. The van der Waals surface area contributed by atoms with Crippen LogP contribution < -0.4 is 15.4 Å². The van der Waals surface area contributed by atoms with Gasteiger partial charge in [0.25, 0.3) is 5.91 Å². The number of benzene rings is 3. The molecule has 3 heterocycles. The maximum absolute atomic E-state index is 14.8. The zero-order valence-electron chi connectivity index (χ0n) is 31.5. The van der Waals surface area contributed by atoms with Gasteiger partial charge in [0.1, 0.15) is 30.7 Å². The molecule has 2 aliphatic heterocycles. The Kier molecular flexibility index (Phi) is 11.1. The van der Waals surface area contributed by atoms with Crippen molar-refractivity contribution in [2.75, 3.05) is 20.3 Å². The Morgan fingerprint density at radius 1 is 0.927 bits per heavy atom. The molecular weight excluding hydrogens is 700 g/mol. The molecule has 1 saturated carbocycles. The quantitative estimate of drug-likeness (QED) is 0.179. The maximum Gasteiger partial charge on any atom is 0.419 e. The van der Waals surface area contributed by atoms with Gasteiger partial charge in [-0.05, 0) is 80.7 Å². The molecule has 0 unspecified atom stereocenters. The van der Waals surface area contributed by atoms with E-state index in [0.29, 0.717) is 29.6 Å². The summed E-state index contributed by atoms with van der Waals surface area (Å²) in [6.07, 6.45) is 2.36. The zero-order chi connectivity index (χ0) is 38.7. The number of carbonyl (C=O) groups is 5. The van der Waals surface area contributed by atoms with Crippen molar-refractivity contribution >= 4 is 40.5 Å². The van der Waals surface area contributed by atoms with Crippen LogP contribution in [0.2, 0.25) is 0 Å². The van der Waals surface area contributed by atoms with E-state index in [-0.39, 0.29) is 55.5 Å². The van der Waals surface area contributed by atoms with Crippen LogP contribution in [0.15, 0.2) is 84.9 Å². The molecule has 12 nitrogen and oxygen atoms in total. The molecule has 3 amide bonds. The predicted octanol–water partition coefficient (Wildman–Crippen LogP) is 5.65. The van der Waals surface area contributed by atoms with Crippen molar-refractivity contribution in [1.82, 2.24) is 20.1 Å². The number of likely N-dealkylation sites (tertiary alicyclic amines) is 1. The van der Waals surface area contributed by atoms with E-state index in [1.54, 1.807) is 29.2 Å². The molecule has 5 atom stereocenters. The van der Waals surface area contributed by atoms with Gasteiger partial charge < -0.3 is 29.7 Å². The number of nitrogens with one attached hydrogen (secondary N) is 2. The number of methoxy groups -OCH3 is 1. The van der Waals surface area contributed by atoms with E-state index in [0.717, 1.165) is 30.4 Å². The number of Topliss-reactive ketones (excluding diaryl/α,β-unsaturated/α-hetero) is 1. The summed E-state index contributed by atoms with van der Waals surface area (Å²) >= 11 is 0. The molecule has 0 spiro atoms. The Morgan fingerprint density at radius 2 is 1.64 bits per heavy atom. The Hall–Kier alpha value is -5.49. The van der Waals surface area contributed by atoms with Gasteiger partial charge in [-0.2, -0.15) is 0 Å². The molecule has 1 aromatic heterocycles. The Bertz CT molecular complexity index is 2060. The van der Waals surface area contributed by atoms with E-state index in [1.807, 2.05) is 74.5 Å². The summed E-state index contributed by atoms with van der Waals surface area (Å²) in [4.78, 5) is 71.6. The van der Waals surface area contributed by atoms with Crippen LogP contribution in [0.25, 0.3) is 10.9 Å². The van der Waals surface area contributed by atoms with E-state index in [1.165, 1.54) is 11.7 Å². The first-order chi connectivity index (χ1) is 26.5. The Balaban J connectivity index is 1.16. The lowest BCUT2D eigenvalue weighted by atomic mass is 9.89. The standard InChI is InChI=1S/C43H48N4O8/c1-43(2)22-30(39(49)45-43)20-33(36(48)26-54-24-27-12-6-4-7-13-27)44-40(50)38-31-17-10-16-29(31)23-46(38)41(51)35-21-32-34(18-11-19-37(32)53-3)47(35)42(52)55-25-28-14-8-5-9-15-28/h4-9,11-15,18-19,21,29-31,33,38H,10,16-17,20,22-26H2,1-3H3,(H,44,50)(H,45,49)/t29-,30+,31-,33-,38-/m0/s1.